The highest BCUT2D eigenvalue weighted by atomic mass is 32.2. The number of nitrogens with zero attached hydrogens (tertiary/aromatic N) is 1. The van der Waals surface area contributed by atoms with Gasteiger partial charge in [-0.3, -0.25) is 0 Å². The summed E-state index contributed by atoms with van der Waals surface area (Å²) in [6, 6.07) is 2.21. The number of sulfone groups is 1. The Morgan fingerprint density at radius 2 is 2.12 bits per heavy atom. The van der Waals surface area contributed by atoms with Crippen LogP contribution in [0.4, 0.5) is 0 Å². The van der Waals surface area contributed by atoms with Crippen molar-refractivity contribution in [2.75, 3.05) is 11.5 Å². The summed E-state index contributed by atoms with van der Waals surface area (Å²) in [6.07, 6.45) is 2.36. The molecule has 0 bridgehead atoms. The Morgan fingerprint density at radius 1 is 1.44 bits per heavy atom. The van der Waals surface area contributed by atoms with Crippen molar-refractivity contribution in [2.24, 2.45) is 11.3 Å². The van der Waals surface area contributed by atoms with Gasteiger partial charge in [-0.25, -0.2) is 8.42 Å². The Kier molecular flexibility index (Phi) is 2.56. The lowest BCUT2D eigenvalue weighted by Crippen LogP contribution is -2.47. The van der Waals surface area contributed by atoms with E-state index in [0.29, 0.717) is 18.8 Å². The van der Waals surface area contributed by atoms with Crippen LogP contribution in [0, 0.1) is 22.7 Å². The van der Waals surface area contributed by atoms with E-state index in [1.165, 1.54) is 0 Å². The molecule has 2 fully saturated rings. The maximum Gasteiger partial charge on any atom is 0.153 e. The lowest BCUT2D eigenvalue weighted by molar-refractivity contribution is -0.0311. The fourth-order valence-electron chi connectivity index (χ4n) is 3.13. The van der Waals surface area contributed by atoms with E-state index >= 15 is 0 Å². The predicted octanol–water partition coefficient (Wildman–Crippen LogP) is 0.866. The molecule has 1 aliphatic carbocycles. The fraction of sp³-hybridized carbons (Fsp3) is 0.909. The van der Waals surface area contributed by atoms with Crippen molar-refractivity contribution in [3.05, 3.63) is 0 Å². The molecule has 3 atom stereocenters. The second kappa shape index (κ2) is 3.44. The van der Waals surface area contributed by atoms with Crippen LogP contribution in [0.5, 0.6) is 0 Å². The molecule has 1 heterocycles. The smallest absolute Gasteiger partial charge is 0.153 e. The Morgan fingerprint density at radius 3 is 2.50 bits per heavy atom. The number of rotatable bonds is 1. The van der Waals surface area contributed by atoms with Crippen molar-refractivity contribution in [1.82, 2.24) is 0 Å². The molecule has 1 aliphatic heterocycles. The topological polar surface area (TPSA) is 78.2 Å². The summed E-state index contributed by atoms with van der Waals surface area (Å²) < 4.78 is 22.9. The molecule has 90 valence electrons. The zero-order valence-corrected chi connectivity index (χ0v) is 10.3. The SMILES string of the molecule is CC1CCC(C#N)(C2(O)CCS(=O)(=O)C2)C1. The van der Waals surface area contributed by atoms with Crippen LogP contribution in [0.3, 0.4) is 0 Å². The molecule has 0 aromatic heterocycles. The van der Waals surface area contributed by atoms with Crippen molar-refractivity contribution in [3.8, 4) is 6.07 Å². The highest BCUT2D eigenvalue weighted by Gasteiger charge is 2.58. The average Bonchev–Trinajstić information content (AvgIpc) is 2.70. The minimum atomic E-state index is -3.16. The molecule has 0 radical (unpaired) electrons. The van der Waals surface area contributed by atoms with Gasteiger partial charge in [0.25, 0.3) is 0 Å². The van der Waals surface area contributed by atoms with Gasteiger partial charge in [-0.2, -0.15) is 5.26 Å². The first-order valence-corrected chi connectivity index (χ1v) is 7.49. The third kappa shape index (κ3) is 1.64. The Bertz CT molecular complexity index is 439. The molecule has 3 unspecified atom stereocenters. The van der Waals surface area contributed by atoms with E-state index < -0.39 is 20.9 Å². The highest BCUT2D eigenvalue weighted by molar-refractivity contribution is 7.91. The maximum absolute atomic E-state index is 11.5. The molecule has 0 aromatic rings. The quantitative estimate of drug-likeness (QED) is 0.741. The van der Waals surface area contributed by atoms with Crippen molar-refractivity contribution >= 4 is 9.84 Å². The van der Waals surface area contributed by atoms with Gasteiger partial charge in [0.2, 0.25) is 0 Å². The van der Waals surface area contributed by atoms with Gasteiger partial charge in [-0.05, 0) is 31.6 Å². The van der Waals surface area contributed by atoms with E-state index in [0.717, 1.165) is 6.42 Å². The molecule has 0 spiro atoms. The van der Waals surface area contributed by atoms with Crippen molar-refractivity contribution in [1.29, 1.82) is 5.26 Å². The van der Waals surface area contributed by atoms with Crippen LogP contribution in [0.25, 0.3) is 0 Å². The molecule has 2 rings (SSSR count). The Hall–Kier alpha value is -0.600. The maximum atomic E-state index is 11.5. The minimum absolute atomic E-state index is 0.0152. The standard InChI is InChI=1S/C11H17NO3S/c1-9-2-3-10(6-9,7-12)11(13)4-5-16(14,15)8-11/h9,13H,2-6,8H2,1H3. The normalized spacial score (nSPS) is 46.7. The van der Waals surface area contributed by atoms with Gasteiger partial charge >= 0.3 is 0 Å². The summed E-state index contributed by atoms with van der Waals surface area (Å²) in [5.74, 6) is 0.175. The van der Waals surface area contributed by atoms with Crippen LogP contribution in [0.2, 0.25) is 0 Å². The average molecular weight is 243 g/mol. The van der Waals surface area contributed by atoms with Crippen LogP contribution in [0.1, 0.15) is 32.6 Å². The molecule has 16 heavy (non-hydrogen) atoms. The number of aliphatic hydroxyl groups is 1. The molecular weight excluding hydrogens is 226 g/mol. The van der Waals surface area contributed by atoms with Crippen LogP contribution < -0.4 is 0 Å². The van der Waals surface area contributed by atoms with E-state index in [4.69, 9.17) is 0 Å². The van der Waals surface area contributed by atoms with Gasteiger partial charge in [0.15, 0.2) is 9.84 Å². The summed E-state index contributed by atoms with van der Waals surface area (Å²) in [4.78, 5) is 0. The Balaban J connectivity index is 2.34. The van der Waals surface area contributed by atoms with Gasteiger partial charge in [-0.1, -0.05) is 6.92 Å². The Labute approximate surface area is 96.2 Å². The molecule has 4 nitrogen and oxygen atoms in total. The van der Waals surface area contributed by atoms with Crippen LogP contribution >= 0.6 is 0 Å². The first-order valence-electron chi connectivity index (χ1n) is 5.67. The lowest BCUT2D eigenvalue weighted by atomic mass is 9.70. The van der Waals surface area contributed by atoms with E-state index in [1.807, 2.05) is 6.92 Å². The molecule has 1 saturated carbocycles. The van der Waals surface area contributed by atoms with Crippen molar-refractivity contribution < 1.29 is 13.5 Å². The third-order valence-electron chi connectivity index (χ3n) is 4.15. The summed E-state index contributed by atoms with van der Waals surface area (Å²) in [6.45, 7) is 2.05. The first-order chi connectivity index (χ1) is 7.33. The van der Waals surface area contributed by atoms with Gasteiger partial charge in [0.05, 0.1) is 28.6 Å². The molecule has 1 N–H and O–H groups in total. The minimum Gasteiger partial charge on any atom is -0.387 e. The number of nitriles is 1. The summed E-state index contributed by atoms with van der Waals surface area (Å²) in [7, 11) is -3.16. The third-order valence-corrected chi connectivity index (χ3v) is 5.89. The van der Waals surface area contributed by atoms with Crippen LogP contribution in [-0.2, 0) is 9.84 Å². The first kappa shape index (κ1) is 11.9. The van der Waals surface area contributed by atoms with E-state index in [2.05, 4.69) is 6.07 Å². The van der Waals surface area contributed by atoms with Gasteiger partial charge in [0, 0.05) is 0 Å². The summed E-state index contributed by atoms with van der Waals surface area (Å²) in [5.41, 5.74) is -2.15. The van der Waals surface area contributed by atoms with E-state index in [1.54, 1.807) is 0 Å². The zero-order chi connectivity index (χ0) is 12.0. The van der Waals surface area contributed by atoms with Crippen LogP contribution in [-0.4, -0.2) is 30.6 Å². The van der Waals surface area contributed by atoms with Crippen LogP contribution in [0.15, 0.2) is 0 Å². The second-order valence-electron chi connectivity index (χ2n) is 5.42. The van der Waals surface area contributed by atoms with Gasteiger partial charge < -0.3 is 5.11 Å². The zero-order valence-electron chi connectivity index (χ0n) is 9.44. The van der Waals surface area contributed by atoms with E-state index in [9.17, 15) is 18.8 Å². The molecule has 0 aromatic carbocycles. The number of hydrogen-bond acceptors (Lipinski definition) is 4. The lowest BCUT2D eigenvalue weighted by Gasteiger charge is -2.36. The molecule has 0 amide bonds. The molecule has 5 heteroatoms. The number of hydrogen-bond donors (Lipinski definition) is 1. The second-order valence-corrected chi connectivity index (χ2v) is 7.60. The highest BCUT2D eigenvalue weighted by Crippen LogP contribution is 2.52. The van der Waals surface area contributed by atoms with Crippen molar-refractivity contribution in [3.63, 3.8) is 0 Å². The summed E-state index contributed by atoms with van der Waals surface area (Å²) in [5, 5.41) is 19.8. The van der Waals surface area contributed by atoms with Gasteiger partial charge in [0.1, 0.15) is 0 Å². The summed E-state index contributed by atoms with van der Waals surface area (Å²) >= 11 is 0. The molecular formula is C11H17NO3S. The largest absolute Gasteiger partial charge is 0.387 e. The van der Waals surface area contributed by atoms with Gasteiger partial charge in [-0.15, -0.1) is 0 Å². The molecule has 2 aliphatic rings. The fourth-order valence-corrected chi connectivity index (χ4v) is 5.07. The van der Waals surface area contributed by atoms with Crippen molar-refractivity contribution in [2.45, 2.75) is 38.2 Å². The van der Waals surface area contributed by atoms with E-state index in [-0.39, 0.29) is 17.9 Å². The predicted molar refractivity (Wildman–Crippen MR) is 59.3 cm³/mol. The molecule has 1 saturated heterocycles. The monoisotopic (exact) mass is 243 g/mol.